The Hall–Kier alpha value is -2.74. The summed E-state index contributed by atoms with van der Waals surface area (Å²) in [5.74, 6) is 1.10. The lowest BCUT2D eigenvalue weighted by molar-refractivity contribution is 0.315. The van der Waals surface area contributed by atoms with Gasteiger partial charge in [0, 0.05) is 46.3 Å². The monoisotopic (exact) mass is 465 g/mol. The first-order valence-electron chi connectivity index (χ1n) is 10.6. The van der Waals surface area contributed by atoms with E-state index in [1.54, 1.807) is 11.3 Å². The van der Waals surface area contributed by atoms with Crippen LogP contribution in [0.5, 0.6) is 0 Å². The predicted octanol–water partition coefficient (Wildman–Crippen LogP) is 5.24. The first-order valence-corrected chi connectivity index (χ1v) is 11.9. The van der Waals surface area contributed by atoms with Crippen LogP contribution in [-0.2, 0) is 6.42 Å². The second-order valence-corrected chi connectivity index (χ2v) is 9.52. The zero-order chi connectivity index (χ0) is 22.1. The highest BCUT2D eigenvalue weighted by atomic mass is 35.5. The van der Waals surface area contributed by atoms with Gasteiger partial charge in [-0.05, 0) is 56.9 Å². The molecule has 3 heterocycles. The Labute approximate surface area is 196 Å². The molecule has 8 heteroatoms. The van der Waals surface area contributed by atoms with Crippen molar-refractivity contribution >= 4 is 28.6 Å². The van der Waals surface area contributed by atoms with Crippen LogP contribution in [0.2, 0.25) is 5.02 Å². The molecule has 5 rings (SSSR count). The molecular weight excluding hydrogens is 442 g/mol. The zero-order valence-corrected chi connectivity index (χ0v) is 19.6. The molecule has 1 fully saturated rings. The highest BCUT2D eigenvalue weighted by molar-refractivity contribution is 7.13. The van der Waals surface area contributed by atoms with Crippen LogP contribution in [0.3, 0.4) is 0 Å². The average Bonchev–Trinajstić information content (AvgIpc) is 3.56. The van der Waals surface area contributed by atoms with Crippen molar-refractivity contribution < 1.29 is 4.42 Å². The Bertz CT molecular complexity index is 1190. The van der Waals surface area contributed by atoms with E-state index in [2.05, 4.69) is 58.4 Å². The minimum atomic E-state index is 0.509. The third-order valence-electron chi connectivity index (χ3n) is 5.82. The summed E-state index contributed by atoms with van der Waals surface area (Å²) in [5.41, 5.74) is 4.12. The maximum Gasteiger partial charge on any atom is 0.247 e. The Kier molecular flexibility index (Phi) is 5.95. The summed E-state index contributed by atoms with van der Waals surface area (Å²) in [6.45, 7) is 2.14. The summed E-state index contributed by atoms with van der Waals surface area (Å²) >= 11 is 7.57. The van der Waals surface area contributed by atoms with Crippen LogP contribution in [0, 0.1) is 0 Å². The van der Waals surface area contributed by atoms with E-state index in [0.29, 0.717) is 24.2 Å². The minimum Gasteiger partial charge on any atom is -0.420 e. The van der Waals surface area contributed by atoms with Gasteiger partial charge in [0.05, 0.1) is 12.1 Å². The maximum atomic E-state index is 5.97. The van der Waals surface area contributed by atoms with Crippen molar-refractivity contribution in [3.8, 4) is 22.0 Å². The minimum absolute atomic E-state index is 0.509. The van der Waals surface area contributed by atoms with Gasteiger partial charge in [0.2, 0.25) is 11.8 Å². The van der Waals surface area contributed by atoms with E-state index in [4.69, 9.17) is 21.0 Å². The summed E-state index contributed by atoms with van der Waals surface area (Å²) in [6.07, 6.45) is 1.70. The molecule has 0 bridgehead atoms. The van der Waals surface area contributed by atoms with Crippen molar-refractivity contribution in [2.75, 3.05) is 32.1 Å². The van der Waals surface area contributed by atoms with Crippen LogP contribution in [0.4, 0.5) is 5.69 Å². The van der Waals surface area contributed by atoms with Crippen molar-refractivity contribution in [2.45, 2.75) is 18.9 Å². The molecule has 0 radical (unpaired) electrons. The van der Waals surface area contributed by atoms with Crippen LogP contribution in [0.1, 0.15) is 18.0 Å². The number of aromatic nitrogens is 3. The van der Waals surface area contributed by atoms with Gasteiger partial charge in [-0.15, -0.1) is 21.5 Å². The van der Waals surface area contributed by atoms with Crippen molar-refractivity contribution in [2.24, 2.45) is 0 Å². The fourth-order valence-electron chi connectivity index (χ4n) is 3.92. The lowest BCUT2D eigenvalue weighted by Gasteiger charge is -2.21. The second kappa shape index (κ2) is 9.02. The van der Waals surface area contributed by atoms with Gasteiger partial charge in [0.1, 0.15) is 5.01 Å². The number of likely N-dealkylation sites (N-methyl/N-ethyl adjacent to an activating group) is 1. The highest BCUT2D eigenvalue weighted by Gasteiger charge is 2.24. The van der Waals surface area contributed by atoms with Gasteiger partial charge in [-0.25, -0.2) is 4.98 Å². The van der Waals surface area contributed by atoms with Gasteiger partial charge in [-0.2, -0.15) is 0 Å². The van der Waals surface area contributed by atoms with Gasteiger partial charge in [-0.3, -0.25) is 0 Å². The summed E-state index contributed by atoms with van der Waals surface area (Å²) in [6, 6.07) is 16.7. The summed E-state index contributed by atoms with van der Waals surface area (Å²) in [7, 11) is 4.29. The van der Waals surface area contributed by atoms with Crippen LogP contribution in [-0.4, -0.2) is 53.3 Å². The predicted molar refractivity (Wildman–Crippen MR) is 129 cm³/mol. The van der Waals surface area contributed by atoms with Crippen molar-refractivity contribution in [3.05, 3.63) is 70.5 Å². The Morgan fingerprint density at radius 3 is 2.53 bits per heavy atom. The largest absolute Gasteiger partial charge is 0.420 e. The normalized spacial score (nSPS) is 16.2. The van der Waals surface area contributed by atoms with Gasteiger partial charge in [0.25, 0.3) is 0 Å². The number of thiazole rings is 1. The molecule has 0 saturated carbocycles. The first-order chi connectivity index (χ1) is 15.5. The van der Waals surface area contributed by atoms with E-state index in [1.807, 2.05) is 29.6 Å². The van der Waals surface area contributed by atoms with Gasteiger partial charge >= 0.3 is 0 Å². The zero-order valence-electron chi connectivity index (χ0n) is 18.0. The standard InChI is InChI=1S/C24H24ClN5OS/c1-29(2)21-11-12-30(14-21)20-9-5-16(6-10-20)23-28-27-22(31-23)13-19-15-32-24(26-19)17-3-7-18(25)8-4-17/h3-10,15,21H,11-14H2,1-2H3. The third kappa shape index (κ3) is 4.55. The van der Waals surface area contributed by atoms with Crippen molar-refractivity contribution in [1.82, 2.24) is 20.1 Å². The van der Waals surface area contributed by atoms with E-state index in [-0.39, 0.29) is 0 Å². The Morgan fingerprint density at radius 1 is 1.06 bits per heavy atom. The van der Waals surface area contributed by atoms with Gasteiger partial charge in [0.15, 0.2) is 0 Å². The molecule has 1 saturated heterocycles. The van der Waals surface area contributed by atoms with Crippen LogP contribution in [0.15, 0.2) is 58.3 Å². The average molecular weight is 466 g/mol. The number of hydrogen-bond acceptors (Lipinski definition) is 7. The van der Waals surface area contributed by atoms with Crippen LogP contribution < -0.4 is 4.90 Å². The lowest BCUT2D eigenvalue weighted by atomic mass is 10.2. The Balaban J connectivity index is 1.25. The second-order valence-electron chi connectivity index (χ2n) is 8.23. The van der Waals surface area contributed by atoms with E-state index >= 15 is 0 Å². The fraction of sp³-hybridized carbons (Fsp3) is 0.292. The van der Waals surface area contributed by atoms with E-state index in [0.717, 1.165) is 39.9 Å². The Morgan fingerprint density at radius 2 is 1.81 bits per heavy atom. The van der Waals surface area contributed by atoms with Crippen LogP contribution in [0.25, 0.3) is 22.0 Å². The van der Waals surface area contributed by atoms with Crippen molar-refractivity contribution in [3.63, 3.8) is 0 Å². The van der Waals surface area contributed by atoms with Crippen LogP contribution >= 0.6 is 22.9 Å². The molecule has 0 aliphatic carbocycles. The summed E-state index contributed by atoms with van der Waals surface area (Å²) in [5, 5.41) is 12.2. The number of benzene rings is 2. The topological polar surface area (TPSA) is 58.3 Å². The third-order valence-corrected chi connectivity index (χ3v) is 7.01. The highest BCUT2D eigenvalue weighted by Crippen LogP contribution is 2.28. The van der Waals surface area contributed by atoms with Gasteiger partial charge in [-0.1, -0.05) is 23.7 Å². The number of nitrogens with zero attached hydrogens (tertiary/aromatic N) is 5. The summed E-state index contributed by atoms with van der Waals surface area (Å²) < 4.78 is 5.92. The molecule has 2 aromatic carbocycles. The molecule has 0 spiro atoms. The number of hydrogen-bond donors (Lipinski definition) is 0. The lowest BCUT2D eigenvalue weighted by Crippen LogP contribution is -2.31. The van der Waals surface area contributed by atoms with Crippen molar-refractivity contribution in [1.29, 1.82) is 0 Å². The number of anilines is 1. The van der Waals surface area contributed by atoms with E-state index < -0.39 is 0 Å². The number of halogens is 1. The fourth-order valence-corrected chi connectivity index (χ4v) is 4.87. The molecule has 2 aromatic heterocycles. The molecule has 32 heavy (non-hydrogen) atoms. The quantitative estimate of drug-likeness (QED) is 0.388. The molecule has 0 N–H and O–H groups in total. The van der Waals surface area contributed by atoms with E-state index in [9.17, 15) is 0 Å². The molecular formula is C24H24ClN5OS. The van der Waals surface area contributed by atoms with Gasteiger partial charge < -0.3 is 14.2 Å². The molecule has 1 aliphatic rings. The molecule has 164 valence electrons. The number of rotatable bonds is 6. The molecule has 1 aliphatic heterocycles. The molecule has 1 atom stereocenters. The molecule has 4 aromatic rings. The SMILES string of the molecule is CN(C)C1CCN(c2ccc(-c3nnc(Cc4csc(-c5ccc(Cl)cc5)n4)o3)cc2)C1. The molecule has 6 nitrogen and oxygen atoms in total. The summed E-state index contributed by atoms with van der Waals surface area (Å²) in [4.78, 5) is 9.43. The first kappa shape index (κ1) is 21.1. The smallest absolute Gasteiger partial charge is 0.247 e. The molecule has 0 amide bonds. The maximum absolute atomic E-state index is 5.97. The van der Waals surface area contributed by atoms with E-state index in [1.165, 1.54) is 12.1 Å². The molecule has 1 unspecified atom stereocenters.